The van der Waals surface area contributed by atoms with Crippen LogP contribution in [-0.2, 0) is 6.18 Å². The van der Waals surface area contributed by atoms with Gasteiger partial charge in [-0.2, -0.15) is 13.2 Å². The zero-order valence-corrected chi connectivity index (χ0v) is 15.7. The number of nitrogens with one attached hydrogen (secondary N) is 2. The van der Waals surface area contributed by atoms with Crippen LogP contribution >= 0.6 is 23.2 Å². The lowest BCUT2D eigenvalue weighted by molar-refractivity contribution is -0.141. The highest BCUT2D eigenvalue weighted by Gasteiger charge is 2.37. The van der Waals surface area contributed by atoms with Gasteiger partial charge in [0.2, 0.25) is 5.95 Å². The van der Waals surface area contributed by atoms with Crippen molar-refractivity contribution < 1.29 is 13.2 Å². The molecule has 0 atom stereocenters. The normalized spacial score (nSPS) is 15.0. The lowest BCUT2D eigenvalue weighted by atomic mass is 10.1. The molecule has 0 aliphatic heterocycles. The van der Waals surface area contributed by atoms with Crippen LogP contribution in [0.25, 0.3) is 5.70 Å². The number of halogens is 5. The van der Waals surface area contributed by atoms with Gasteiger partial charge in [0.1, 0.15) is 0 Å². The number of nitrogens with zero attached hydrogens (tertiary/aromatic N) is 2. The van der Waals surface area contributed by atoms with Crippen LogP contribution in [0.4, 0.5) is 24.8 Å². The molecule has 1 saturated carbocycles. The van der Waals surface area contributed by atoms with Gasteiger partial charge < -0.3 is 10.6 Å². The summed E-state index contributed by atoms with van der Waals surface area (Å²) in [5, 5.41) is 6.38. The van der Waals surface area contributed by atoms with Crippen LogP contribution in [0.5, 0.6) is 0 Å². The van der Waals surface area contributed by atoms with Crippen molar-refractivity contribution in [2.45, 2.75) is 37.9 Å². The Labute approximate surface area is 164 Å². The van der Waals surface area contributed by atoms with E-state index in [0.717, 1.165) is 31.9 Å². The minimum Gasteiger partial charge on any atom is -0.382 e. The summed E-state index contributed by atoms with van der Waals surface area (Å²) in [6.07, 6.45) is 0.420. The molecule has 4 nitrogen and oxygen atoms in total. The molecular weight excluding hydrogens is 400 g/mol. The van der Waals surface area contributed by atoms with Crippen LogP contribution < -0.4 is 10.6 Å². The number of aromatic nitrogens is 2. The summed E-state index contributed by atoms with van der Waals surface area (Å²) >= 11 is 11.8. The number of alkyl halides is 3. The van der Waals surface area contributed by atoms with Crippen LogP contribution in [-0.4, -0.2) is 16.0 Å². The molecule has 1 aliphatic carbocycles. The Kier molecular flexibility index (Phi) is 5.81. The largest absolute Gasteiger partial charge is 0.434 e. The summed E-state index contributed by atoms with van der Waals surface area (Å²) < 4.78 is 40.6. The Morgan fingerprint density at radius 3 is 2.48 bits per heavy atom. The van der Waals surface area contributed by atoms with Gasteiger partial charge in [0.15, 0.2) is 5.69 Å². The lowest BCUT2D eigenvalue weighted by Gasteiger charge is -2.19. The van der Waals surface area contributed by atoms with Crippen molar-refractivity contribution in [1.82, 2.24) is 15.3 Å². The van der Waals surface area contributed by atoms with Crippen LogP contribution in [0.3, 0.4) is 0 Å². The Bertz CT molecular complexity index is 849. The molecule has 0 spiro atoms. The Morgan fingerprint density at radius 2 is 1.85 bits per heavy atom. The first-order chi connectivity index (χ1) is 12.7. The van der Waals surface area contributed by atoms with Gasteiger partial charge in [0.25, 0.3) is 0 Å². The van der Waals surface area contributed by atoms with Gasteiger partial charge in [-0.15, -0.1) is 0 Å². The predicted molar refractivity (Wildman–Crippen MR) is 101 cm³/mol. The molecule has 1 heterocycles. The number of hydrogen-bond donors (Lipinski definition) is 2. The predicted octanol–water partition coefficient (Wildman–Crippen LogP) is 6.05. The van der Waals surface area contributed by atoms with Crippen molar-refractivity contribution >= 4 is 40.5 Å². The molecule has 0 bridgehead atoms. The van der Waals surface area contributed by atoms with Crippen molar-refractivity contribution in [3.8, 4) is 0 Å². The summed E-state index contributed by atoms with van der Waals surface area (Å²) in [5.74, 6) is -0.196. The zero-order valence-electron chi connectivity index (χ0n) is 14.2. The first kappa shape index (κ1) is 19.8. The van der Waals surface area contributed by atoms with E-state index in [1.165, 1.54) is 12.1 Å². The maximum atomic E-state index is 13.5. The highest BCUT2D eigenvalue weighted by Crippen LogP contribution is 2.34. The van der Waals surface area contributed by atoms with Gasteiger partial charge in [0, 0.05) is 29.2 Å². The van der Waals surface area contributed by atoms with E-state index in [2.05, 4.69) is 27.2 Å². The minimum absolute atomic E-state index is 0.132. The van der Waals surface area contributed by atoms with Gasteiger partial charge in [-0.1, -0.05) is 42.6 Å². The van der Waals surface area contributed by atoms with E-state index in [1.807, 2.05) is 0 Å². The van der Waals surface area contributed by atoms with Gasteiger partial charge in [-0.3, -0.25) is 0 Å². The van der Waals surface area contributed by atoms with Gasteiger partial charge in [0.05, 0.1) is 10.0 Å². The lowest BCUT2D eigenvalue weighted by Crippen LogP contribution is -2.26. The first-order valence-corrected chi connectivity index (χ1v) is 9.12. The average molecular weight is 417 g/mol. The van der Waals surface area contributed by atoms with Crippen LogP contribution in [0.2, 0.25) is 10.0 Å². The average Bonchev–Trinajstić information content (AvgIpc) is 3.10. The van der Waals surface area contributed by atoms with E-state index in [4.69, 9.17) is 23.2 Å². The second-order valence-electron chi connectivity index (χ2n) is 6.31. The monoisotopic (exact) mass is 416 g/mol. The van der Waals surface area contributed by atoms with E-state index >= 15 is 0 Å². The third kappa shape index (κ3) is 4.84. The van der Waals surface area contributed by atoms with E-state index < -0.39 is 11.9 Å². The fourth-order valence-electron chi connectivity index (χ4n) is 2.98. The van der Waals surface area contributed by atoms with Crippen LogP contribution in [0.15, 0.2) is 31.0 Å². The molecule has 9 heteroatoms. The number of hydrogen-bond acceptors (Lipinski definition) is 4. The topological polar surface area (TPSA) is 49.8 Å². The zero-order chi connectivity index (χ0) is 19.6. The molecule has 0 saturated heterocycles. The van der Waals surface area contributed by atoms with Crippen LogP contribution in [0, 0.1) is 0 Å². The third-order valence-corrected chi connectivity index (χ3v) is 5.03. The minimum atomic E-state index is -4.65. The summed E-state index contributed by atoms with van der Waals surface area (Å²) in [4.78, 5) is 7.66. The number of rotatable bonds is 5. The standard InChI is InChI=1S/C18H17Cl2F3N4/c1-10(25-11-4-2-3-5-11)13-9-24-17(27-16(13)18(21,22)23)26-12-6-7-14(19)15(20)8-12/h6-9,11,25H,1-5H2,(H,24,26,27). The molecule has 1 fully saturated rings. The molecule has 144 valence electrons. The number of anilines is 2. The van der Waals surface area contributed by atoms with E-state index in [9.17, 15) is 13.2 Å². The smallest absolute Gasteiger partial charge is 0.382 e. The Morgan fingerprint density at radius 1 is 1.15 bits per heavy atom. The molecule has 0 radical (unpaired) electrons. The van der Waals surface area contributed by atoms with E-state index in [1.54, 1.807) is 6.07 Å². The maximum Gasteiger partial charge on any atom is 0.434 e. The third-order valence-electron chi connectivity index (χ3n) is 4.29. The molecule has 3 rings (SSSR count). The second-order valence-corrected chi connectivity index (χ2v) is 7.13. The van der Waals surface area contributed by atoms with Crippen LogP contribution in [0.1, 0.15) is 36.9 Å². The van der Waals surface area contributed by atoms with Crippen molar-refractivity contribution in [3.63, 3.8) is 0 Å². The molecule has 1 aromatic heterocycles. The summed E-state index contributed by atoms with van der Waals surface area (Å²) in [7, 11) is 0. The van der Waals surface area contributed by atoms with Crippen molar-refractivity contribution in [3.05, 3.63) is 52.3 Å². The highest BCUT2D eigenvalue weighted by atomic mass is 35.5. The Hall–Kier alpha value is -1.99. The molecular formula is C18H17Cl2F3N4. The molecule has 27 heavy (non-hydrogen) atoms. The van der Waals surface area contributed by atoms with Gasteiger partial charge in [-0.05, 0) is 31.0 Å². The molecule has 2 N–H and O–H groups in total. The SMILES string of the molecule is C=C(NC1CCCC1)c1cnc(Nc2ccc(Cl)c(Cl)c2)nc1C(F)(F)F. The molecule has 1 aromatic carbocycles. The number of benzene rings is 1. The van der Waals surface area contributed by atoms with Crippen molar-refractivity contribution in [2.75, 3.05) is 5.32 Å². The maximum absolute atomic E-state index is 13.5. The first-order valence-electron chi connectivity index (χ1n) is 8.36. The Balaban J connectivity index is 1.87. The fraction of sp³-hybridized carbons (Fsp3) is 0.333. The second kappa shape index (κ2) is 7.94. The fourth-order valence-corrected chi connectivity index (χ4v) is 3.27. The summed E-state index contributed by atoms with van der Waals surface area (Å²) in [5.41, 5.74) is -0.604. The van der Waals surface area contributed by atoms with Gasteiger partial charge >= 0.3 is 6.18 Å². The highest BCUT2D eigenvalue weighted by molar-refractivity contribution is 6.42. The molecule has 1 aliphatic rings. The van der Waals surface area contributed by atoms with E-state index in [0.29, 0.717) is 10.7 Å². The van der Waals surface area contributed by atoms with Crippen molar-refractivity contribution in [1.29, 1.82) is 0 Å². The summed E-state index contributed by atoms with van der Waals surface area (Å²) in [6, 6.07) is 4.71. The molecule has 0 amide bonds. The quantitative estimate of drug-likeness (QED) is 0.622. The van der Waals surface area contributed by atoms with Gasteiger partial charge in [-0.25, -0.2) is 9.97 Å². The molecule has 0 unspecified atom stereocenters. The van der Waals surface area contributed by atoms with E-state index in [-0.39, 0.29) is 28.3 Å². The summed E-state index contributed by atoms with van der Waals surface area (Å²) in [6.45, 7) is 3.75. The van der Waals surface area contributed by atoms with Crippen molar-refractivity contribution in [2.24, 2.45) is 0 Å². The molecule has 2 aromatic rings.